The molecular formula is C18H23ClN2O2. The zero-order valence-corrected chi connectivity index (χ0v) is 14.1. The van der Waals surface area contributed by atoms with Gasteiger partial charge in [0.05, 0.1) is 0 Å². The summed E-state index contributed by atoms with van der Waals surface area (Å²) >= 11 is 5.83. The van der Waals surface area contributed by atoms with Gasteiger partial charge in [0.2, 0.25) is 0 Å². The van der Waals surface area contributed by atoms with E-state index in [-0.39, 0.29) is 6.61 Å². The molecule has 1 N–H and O–H groups in total. The molecule has 2 aromatic rings. The van der Waals surface area contributed by atoms with Crippen molar-refractivity contribution in [1.29, 1.82) is 0 Å². The van der Waals surface area contributed by atoms with Gasteiger partial charge in [0.15, 0.2) is 0 Å². The summed E-state index contributed by atoms with van der Waals surface area (Å²) in [5.74, 6) is 0.713. The van der Waals surface area contributed by atoms with Crippen molar-refractivity contribution in [2.45, 2.75) is 19.4 Å². The Bertz CT molecular complexity index is 563. The van der Waals surface area contributed by atoms with Gasteiger partial charge in [-0.15, -0.1) is 0 Å². The first kappa shape index (κ1) is 17.7. The van der Waals surface area contributed by atoms with Crippen LogP contribution in [0.5, 0.6) is 5.75 Å². The van der Waals surface area contributed by atoms with E-state index in [0.29, 0.717) is 17.3 Å². The number of halogens is 1. The van der Waals surface area contributed by atoms with Crippen molar-refractivity contribution in [3.8, 4) is 5.75 Å². The summed E-state index contributed by atoms with van der Waals surface area (Å²) in [7, 11) is 0. The number of aliphatic hydroxyl groups is 1. The number of hydrogen-bond acceptors (Lipinski definition) is 4. The Balaban J connectivity index is 1.73. The van der Waals surface area contributed by atoms with Crippen LogP contribution in [0.15, 0.2) is 48.7 Å². The van der Waals surface area contributed by atoms with Crippen molar-refractivity contribution in [3.63, 3.8) is 0 Å². The number of benzene rings is 1. The van der Waals surface area contributed by atoms with Crippen molar-refractivity contribution in [2.24, 2.45) is 0 Å². The second-order valence-electron chi connectivity index (χ2n) is 5.38. The molecule has 0 bridgehead atoms. The molecule has 1 atom stereocenters. The lowest BCUT2D eigenvalue weighted by atomic mass is 10.2. The smallest absolute Gasteiger partial charge is 0.119 e. The lowest BCUT2D eigenvalue weighted by molar-refractivity contribution is 0.0702. The van der Waals surface area contributed by atoms with Gasteiger partial charge in [-0.1, -0.05) is 24.6 Å². The molecular weight excluding hydrogens is 312 g/mol. The summed E-state index contributed by atoms with van der Waals surface area (Å²) in [6.45, 7) is 4.68. The summed E-state index contributed by atoms with van der Waals surface area (Å²) in [6, 6.07) is 13.1. The molecule has 0 amide bonds. The molecule has 1 heterocycles. The molecule has 1 aromatic carbocycles. The van der Waals surface area contributed by atoms with Gasteiger partial charge < -0.3 is 14.7 Å². The van der Waals surface area contributed by atoms with Crippen molar-refractivity contribution in [2.75, 3.05) is 26.2 Å². The van der Waals surface area contributed by atoms with Crippen LogP contribution in [0.3, 0.4) is 0 Å². The van der Waals surface area contributed by atoms with Gasteiger partial charge in [0, 0.05) is 36.4 Å². The lowest BCUT2D eigenvalue weighted by Gasteiger charge is -2.23. The minimum atomic E-state index is -0.533. The molecule has 0 aliphatic carbocycles. The van der Waals surface area contributed by atoms with E-state index in [1.54, 1.807) is 30.5 Å². The first-order valence-corrected chi connectivity index (χ1v) is 8.24. The van der Waals surface area contributed by atoms with E-state index in [1.807, 2.05) is 18.2 Å². The quantitative estimate of drug-likeness (QED) is 0.765. The third kappa shape index (κ3) is 6.57. The Morgan fingerprint density at radius 2 is 2.00 bits per heavy atom. The van der Waals surface area contributed by atoms with Crippen molar-refractivity contribution in [1.82, 2.24) is 9.88 Å². The van der Waals surface area contributed by atoms with Crippen LogP contribution in [-0.4, -0.2) is 47.3 Å². The topological polar surface area (TPSA) is 45.6 Å². The average molecular weight is 335 g/mol. The number of ether oxygens (including phenoxy) is 1. The van der Waals surface area contributed by atoms with Crippen molar-refractivity contribution >= 4 is 11.6 Å². The van der Waals surface area contributed by atoms with Gasteiger partial charge in [-0.2, -0.15) is 0 Å². The van der Waals surface area contributed by atoms with Gasteiger partial charge in [-0.25, -0.2) is 0 Å². The molecule has 5 heteroatoms. The van der Waals surface area contributed by atoms with E-state index in [4.69, 9.17) is 16.3 Å². The number of likely N-dealkylation sites (N-methyl/N-ethyl adjacent to an activating group) is 1. The minimum absolute atomic E-state index is 0.266. The fraction of sp³-hybridized carbons (Fsp3) is 0.389. The third-order valence-electron chi connectivity index (χ3n) is 3.58. The highest BCUT2D eigenvalue weighted by atomic mass is 35.5. The molecule has 0 spiro atoms. The highest BCUT2D eigenvalue weighted by Gasteiger charge is 2.11. The molecule has 1 aromatic heterocycles. The molecule has 4 nitrogen and oxygen atoms in total. The monoisotopic (exact) mass is 334 g/mol. The van der Waals surface area contributed by atoms with Crippen LogP contribution in [0.25, 0.3) is 0 Å². The van der Waals surface area contributed by atoms with E-state index >= 15 is 0 Å². The minimum Gasteiger partial charge on any atom is -0.491 e. The van der Waals surface area contributed by atoms with Crippen LogP contribution < -0.4 is 4.74 Å². The van der Waals surface area contributed by atoms with Gasteiger partial charge in [0.25, 0.3) is 0 Å². The van der Waals surface area contributed by atoms with Gasteiger partial charge in [0.1, 0.15) is 18.5 Å². The largest absolute Gasteiger partial charge is 0.491 e. The lowest BCUT2D eigenvalue weighted by Crippen LogP contribution is -2.36. The first-order valence-electron chi connectivity index (χ1n) is 7.86. The molecule has 2 rings (SSSR count). The van der Waals surface area contributed by atoms with Gasteiger partial charge >= 0.3 is 0 Å². The number of rotatable bonds is 9. The molecule has 0 radical (unpaired) electrons. The molecule has 1 unspecified atom stereocenters. The van der Waals surface area contributed by atoms with Crippen LogP contribution >= 0.6 is 11.6 Å². The summed E-state index contributed by atoms with van der Waals surface area (Å²) in [6.07, 6.45) is 2.15. The summed E-state index contributed by atoms with van der Waals surface area (Å²) < 4.78 is 5.58. The van der Waals surface area contributed by atoms with E-state index < -0.39 is 6.10 Å². The predicted molar refractivity (Wildman–Crippen MR) is 93.0 cm³/mol. The van der Waals surface area contributed by atoms with Crippen LogP contribution in [-0.2, 0) is 6.42 Å². The molecule has 23 heavy (non-hydrogen) atoms. The zero-order chi connectivity index (χ0) is 16.5. The van der Waals surface area contributed by atoms with E-state index in [9.17, 15) is 5.11 Å². The molecule has 0 fully saturated rings. The molecule has 0 saturated heterocycles. The Kier molecular flexibility index (Phi) is 7.33. The van der Waals surface area contributed by atoms with E-state index in [1.165, 1.54) is 0 Å². The first-order chi connectivity index (χ1) is 11.2. The molecule has 0 aliphatic rings. The average Bonchev–Trinajstić information content (AvgIpc) is 2.59. The third-order valence-corrected chi connectivity index (χ3v) is 3.83. The Hall–Kier alpha value is -1.62. The Labute approximate surface area is 142 Å². The molecule has 0 aliphatic heterocycles. The zero-order valence-electron chi connectivity index (χ0n) is 13.4. The highest BCUT2D eigenvalue weighted by molar-refractivity contribution is 6.30. The van der Waals surface area contributed by atoms with Crippen LogP contribution in [0.2, 0.25) is 5.02 Å². The fourth-order valence-electron chi connectivity index (χ4n) is 2.27. The normalized spacial score (nSPS) is 12.3. The van der Waals surface area contributed by atoms with Crippen LogP contribution in [0, 0.1) is 0 Å². The number of nitrogens with zero attached hydrogens (tertiary/aromatic N) is 2. The van der Waals surface area contributed by atoms with E-state index in [0.717, 1.165) is 25.2 Å². The Morgan fingerprint density at radius 1 is 1.22 bits per heavy atom. The number of pyridine rings is 1. The fourth-order valence-corrected chi connectivity index (χ4v) is 2.40. The highest BCUT2D eigenvalue weighted by Crippen LogP contribution is 2.15. The van der Waals surface area contributed by atoms with E-state index in [2.05, 4.69) is 16.8 Å². The molecule has 124 valence electrons. The van der Waals surface area contributed by atoms with Gasteiger partial charge in [-0.05, 0) is 42.9 Å². The van der Waals surface area contributed by atoms with Crippen LogP contribution in [0.4, 0.5) is 0 Å². The van der Waals surface area contributed by atoms with Crippen LogP contribution in [0.1, 0.15) is 12.6 Å². The predicted octanol–water partition coefficient (Wildman–Crippen LogP) is 3.04. The maximum Gasteiger partial charge on any atom is 0.119 e. The number of aliphatic hydroxyl groups excluding tert-OH is 1. The second kappa shape index (κ2) is 9.50. The van der Waals surface area contributed by atoms with Crippen molar-refractivity contribution in [3.05, 3.63) is 59.4 Å². The number of aromatic nitrogens is 1. The summed E-state index contributed by atoms with van der Waals surface area (Å²) in [4.78, 5) is 6.52. The Morgan fingerprint density at radius 3 is 2.65 bits per heavy atom. The maximum absolute atomic E-state index is 10.2. The van der Waals surface area contributed by atoms with Crippen molar-refractivity contribution < 1.29 is 9.84 Å². The summed E-state index contributed by atoms with van der Waals surface area (Å²) in [5, 5.41) is 10.8. The molecule has 0 saturated carbocycles. The second-order valence-corrected chi connectivity index (χ2v) is 5.82. The van der Waals surface area contributed by atoms with Gasteiger partial charge in [-0.3, -0.25) is 4.98 Å². The standard InChI is InChI=1S/C18H23ClN2O2/c1-2-21(12-10-16-5-3-4-11-20-16)13-17(22)14-23-18-8-6-15(19)7-9-18/h3-9,11,17,22H,2,10,12-14H2,1H3. The SMILES string of the molecule is CCN(CCc1ccccn1)CC(O)COc1ccc(Cl)cc1. The summed E-state index contributed by atoms with van der Waals surface area (Å²) in [5.41, 5.74) is 1.07. The maximum atomic E-state index is 10.2. The number of hydrogen-bond donors (Lipinski definition) is 1.